The van der Waals surface area contributed by atoms with Crippen molar-refractivity contribution in [1.82, 2.24) is 24.5 Å². The Morgan fingerprint density at radius 1 is 1.08 bits per heavy atom. The molecule has 0 unspecified atom stereocenters. The largest absolute Gasteiger partial charge is 0.369 e. The average molecular weight is 498 g/mol. The van der Waals surface area contributed by atoms with Gasteiger partial charge in [-0.2, -0.15) is 9.61 Å². The molecule has 0 atom stereocenters. The van der Waals surface area contributed by atoms with Crippen LogP contribution < -0.4 is 11.2 Å². The Bertz CT molecular complexity index is 1460. The lowest BCUT2D eigenvalue weighted by molar-refractivity contribution is -0.137. The third-order valence-electron chi connectivity index (χ3n) is 7.18. The van der Waals surface area contributed by atoms with E-state index in [0.29, 0.717) is 55.9 Å². The van der Waals surface area contributed by atoms with E-state index in [0.717, 1.165) is 28.1 Å². The van der Waals surface area contributed by atoms with Crippen LogP contribution in [-0.4, -0.2) is 62.4 Å². The van der Waals surface area contributed by atoms with E-state index in [9.17, 15) is 9.59 Å². The first kappa shape index (κ1) is 23.3. The highest BCUT2D eigenvalue weighted by Gasteiger charge is 2.33. The number of nitrogens with zero attached hydrogens (tertiary/aromatic N) is 5. The van der Waals surface area contributed by atoms with Crippen LogP contribution in [0.1, 0.15) is 41.2 Å². The van der Waals surface area contributed by atoms with Gasteiger partial charge in [0.1, 0.15) is 12.4 Å². The minimum Gasteiger partial charge on any atom is -0.369 e. The molecule has 6 rings (SSSR count). The van der Waals surface area contributed by atoms with E-state index < -0.39 is 0 Å². The third kappa shape index (κ3) is 4.24. The van der Waals surface area contributed by atoms with Crippen molar-refractivity contribution in [3.63, 3.8) is 0 Å². The molecule has 0 aliphatic carbocycles. The molecule has 1 saturated heterocycles. The summed E-state index contributed by atoms with van der Waals surface area (Å²) in [7, 11) is 0. The van der Waals surface area contributed by atoms with Gasteiger partial charge in [-0.15, -0.1) is 0 Å². The van der Waals surface area contributed by atoms with E-state index in [1.54, 1.807) is 15.6 Å². The van der Waals surface area contributed by atoms with Crippen molar-refractivity contribution >= 4 is 23.2 Å². The van der Waals surface area contributed by atoms with Gasteiger partial charge in [-0.3, -0.25) is 19.4 Å². The first-order valence-electron chi connectivity index (χ1n) is 12.4. The van der Waals surface area contributed by atoms with Crippen molar-refractivity contribution in [2.45, 2.75) is 25.2 Å². The number of hydrogen-bond donors (Lipinski definition) is 2. The molecule has 1 aromatic carbocycles. The average Bonchev–Trinajstić information content (AvgIpc) is 3.38. The highest BCUT2D eigenvalue weighted by atomic mass is 16.6. The third-order valence-corrected chi connectivity index (χ3v) is 7.18. The molecule has 188 valence electrons. The van der Waals surface area contributed by atoms with Gasteiger partial charge in [0.2, 0.25) is 0 Å². The Hall–Kier alpha value is -4.15. The smallest absolute Gasteiger partial charge is 0.250 e. The first-order valence-corrected chi connectivity index (χ1v) is 12.4. The summed E-state index contributed by atoms with van der Waals surface area (Å²) >= 11 is 0. The number of nitrogens with two attached hydrogens (primary N) is 1. The molecule has 37 heavy (non-hydrogen) atoms. The second-order valence-electron chi connectivity index (χ2n) is 9.38. The Kier molecular flexibility index (Phi) is 6.11. The molecule has 1 amide bonds. The Balaban J connectivity index is 1.38. The number of anilines is 1. The summed E-state index contributed by atoms with van der Waals surface area (Å²) < 4.78 is 1.73. The molecular weight excluding hydrogens is 470 g/mol. The van der Waals surface area contributed by atoms with Crippen LogP contribution in [-0.2, 0) is 9.63 Å². The maximum Gasteiger partial charge on any atom is 0.250 e. The molecule has 1 fully saturated rings. The highest BCUT2D eigenvalue weighted by Crippen LogP contribution is 2.37. The lowest BCUT2D eigenvalue weighted by Crippen LogP contribution is -2.40. The normalized spacial score (nSPS) is 16.0. The summed E-state index contributed by atoms with van der Waals surface area (Å²) in [6.07, 6.45) is 5.44. The van der Waals surface area contributed by atoms with Crippen LogP contribution in [0.4, 0.5) is 5.82 Å². The number of ketones is 1. The van der Waals surface area contributed by atoms with E-state index in [1.807, 2.05) is 48.7 Å². The van der Waals surface area contributed by atoms with E-state index in [1.165, 1.54) is 0 Å². The molecule has 0 saturated carbocycles. The zero-order chi connectivity index (χ0) is 25.4. The second kappa shape index (κ2) is 9.72. The molecule has 10 nitrogen and oxygen atoms in total. The number of likely N-dealkylation sites (tertiary alicyclic amines) is 1. The number of carbonyl (C=O) groups excluding carboxylic acids is 2. The molecule has 0 radical (unpaired) electrons. The lowest BCUT2D eigenvalue weighted by Gasteiger charge is -2.33. The summed E-state index contributed by atoms with van der Waals surface area (Å²) in [6, 6.07) is 14.0. The summed E-state index contributed by atoms with van der Waals surface area (Å²) in [5.74, 6) is 5.75. The van der Waals surface area contributed by atoms with Gasteiger partial charge in [-0.25, -0.2) is 10.9 Å². The number of nitrogens with one attached hydrogen (secondary N) is 1. The summed E-state index contributed by atoms with van der Waals surface area (Å²) in [5, 5.41) is 7.98. The summed E-state index contributed by atoms with van der Waals surface area (Å²) in [6.45, 7) is 1.54. The molecule has 2 aliphatic heterocycles. The fraction of sp³-hybridized carbons (Fsp3) is 0.296. The molecular formula is C27H27N7O3. The zero-order valence-electron chi connectivity index (χ0n) is 20.3. The van der Waals surface area contributed by atoms with Crippen LogP contribution >= 0.6 is 0 Å². The number of carbonyl (C=O) groups is 2. The van der Waals surface area contributed by atoms with Gasteiger partial charge in [0.25, 0.3) is 5.91 Å². The second-order valence-corrected chi connectivity index (χ2v) is 9.38. The van der Waals surface area contributed by atoms with Gasteiger partial charge in [-0.1, -0.05) is 36.4 Å². The standard InChI is InChI=1S/C27H27N7O3/c28-37-16-23(36)33-12-9-18(10-13-33)25-24-22(35)8-11-29-27(24)34-26(32-25)20(15-31-34)19-6-7-21(30-14-19)17-4-2-1-3-5-17/h1-7,14-15,18,29H,8-13,16,28H2. The number of fused-ring (bicyclic) bond motifs is 3. The number of Topliss-reactive ketones (excluding diaryl/α,β-unsaturated/α-hetero) is 1. The molecule has 10 heteroatoms. The van der Waals surface area contributed by atoms with Gasteiger partial charge >= 0.3 is 0 Å². The fourth-order valence-electron chi connectivity index (χ4n) is 5.26. The predicted molar refractivity (Wildman–Crippen MR) is 138 cm³/mol. The van der Waals surface area contributed by atoms with Crippen LogP contribution in [0.25, 0.3) is 28.0 Å². The first-order chi connectivity index (χ1) is 18.1. The van der Waals surface area contributed by atoms with E-state index in [-0.39, 0.29) is 24.2 Å². The molecule has 0 bridgehead atoms. The zero-order valence-corrected chi connectivity index (χ0v) is 20.3. The summed E-state index contributed by atoms with van der Waals surface area (Å²) in [4.78, 5) is 41.3. The maximum atomic E-state index is 13.1. The highest BCUT2D eigenvalue weighted by molar-refractivity contribution is 6.04. The van der Waals surface area contributed by atoms with Crippen molar-refractivity contribution in [1.29, 1.82) is 0 Å². The van der Waals surface area contributed by atoms with Crippen molar-refractivity contribution in [3.05, 3.63) is 66.1 Å². The van der Waals surface area contributed by atoms with Crippen molar-refractivity contribution < 1.29 is 14.4 Å². The number of piperidine rings is 1. The number of hydrogen-bond acceptors (Lipinski definition) is 8. The number of pyridine rings is 1. The Morgan fingerprint density at radius 2 is 1.89 bits per heavy atom. The number of amides is 1. The number of benzene rings is 1. The van der Waals surface area contributed by atoms with Crippen molar-refractivity contribution in [2.75, 3.05) is 31.6 Å². The van der Waals surface area contributed by atoms with E-state index in [4.69, 9.17) is 10.9 Å². The monoisotopic (exact) mass is 497 g/mol. The number of rotatable bonds is 5. The van der Waals surface area contributed by atoms with Gasteiger partial charge < -0.3 is 10.2 Å². The topological polar surface area (TPSA) is 128 Å². The van der Waals surface area contributed by atoms with Gasteiger partial charge in [0.05, 0.1) is 23.1 Å². The Labute approximate surface area is 213 Å². The maximum absolute atomic E-state index is 13.1. The fourth-order valence-corrected chi connectivity index (χ4v) is 5.26. The molecule has 2 aliphatic rings. The van der Waals surface area contributed by atoms with Crippen molar-refractivity contribution in [2.24, 2.45) is 5.90 Å². The van der Waals surface area contributed by atoms with Crippen LogP contribution in [0.3, 0.4) is 0 Å². The number of aromatic nitrogens is 4. The van der Waals surface area contributed by atoms with Crippen LogP contribution in [0, 0.1) is 0 Å². The molecule has 0 spiro atoms. The lowest BCUT2D eigenvalue weighted by atomic mass is 9.88. The molecule has 5 heterocycles. The van der Waals surface area contributed by atoms with E-state index in [2.05, 4.69) is 20.2 Å². The summed E-state index contributed by atoms with van der Waals surface area (Å²) in [5.41, 5.74) is 5.76. The van der Waals surface area contributed by atoms with Crippen LogP contribution in [0.5, 0.6) is 0 Å². The molecule has 3 N–H and O–H groups in total. The van der Waals surface area contributed by atoms with Gasteiger partial charge in [0.15, 0.2) is 11.4 Å². The van der Waals surface area contributed by atoms with Gasteiger partial charge in [0, 0.05) is 54.9 Å². The molecule has 3 aromatic heterocycles. The van der Waals surface area contributed by atoms with Crippen LogP contribution in [0.15, 0.2) is 54.9 Å². The SMILES string of the molecule is NOCC(=O)N1CCC(c2nc3c(-c4ccc(-c5ccccc5)nc4)cnn3c3c2C(=O)CCN3)CC1. The minimum absolute atomic E-state index is 0.0479. The Morgan fingerprint density at radius 3 is 2.62 bits per heavy atom. The predicted octanol–water partition coefficient (Wildman–Crippen LogP) is 3.05. The molecule has 4 aromatic rings. The van der Waals surface area contributed by atoms with Crippen LogP contribution in [0.2, 0.25) is 0 Å². The quantitative estimate of drug-likeness (QED) is 0.403. The van der Waals surface area contributed by atoms with E-state index >= 15 is 0 Å². The minimum atomic E-state index is -0.136. The van der Waals surface area contributed by atoms with Gasteiger partial charge in [-0.05, 0) is 18.9 Å². The van der Waals surface area contributed by atoms with Crippen molar-refractivity contribution in [3.8, 4) is 22.4 Å².